The molecule has 4 nitrogen and oxygen atoms in total. The van der Waals surface area contributed by atoms with Gasteiger partial charge < -0.3 is 9.47 Å². The predicted octanol–water partition coefficient (Wildman–Crippen LogP) is 4.24. The third-order valence-corrected chi connectivity index (χ3v) is 3.55. The van der Waals surface area contributed by atoms with E-state index in [4.69, 9.17) is 9.47 Å². The first-order chi connectivity index (χ1) is 11.2. The minimum atomic E-state index is -0.780. The average Bonchev–Trinajstić information content (AvgIpc) is 2.54. The lowest BCUT2D eigenvalue weighted by molar-refractivity contribution is -0.152. The standard InChI is InChI=1S/C19H32O4/c1-4-7-8-9-10-11-12-13-15-22-16-18(20)17(14-5-2)19(21)23-6-3/h4-5,17H,1-2,6-16H2,3H3. The molecule has 0 aromatic carbocycles. The molecule has 4 heteroatoms. The number of allylic oxidation sites excluding steroid dienone is 2. The third-order valence-electron chi connectivity index (χ3n) is 3.55. The molecular formula is C19H32O4. The summed E-state index contributed by atoms with van der Waals surface area (Å²) in [6.45, 7) is 9.81. The number of carbonyl (C=O) groups excluding carboxylic acids is 2. The predicted molar refractivity (Wildman–Crippen MR) is 93.3 cm³/mol. The SMILES string of the molecule is C=CCCCCCCCCOCC(=O)C(CC=C)C(=O)OCC. The lowest BCUT2D eigenvalue weighted by atomic mass is 10.0. The largest absolute Gasteiger partial charge is 0.465 e. The van der Waals surface area contributed by atoms with E-state index in [9.17, 15) is 9.59 Å². The van der Waals surface area contributed by atoms with Crippen LogP contribution < -0.4 is 0 Å². The molecule has 1 atom stereocenters. The molecule has 0 spiro atoms. The fourth-order valence-corrected chi connectivity index (χ4v) is 2.24. The van der Waals surface area contributed by atoms with E-state index < -0.39 is 11.9 Å². The van der Waals surface area contributed by atoms with E-state index >= 15 is 0 Å². The lowest BCUT2D eigenvalue weighted by Gasteiger charge is -2.12. The smallest absolute Gasteiger partial charge is 0.316 e. The topological polar surface area (TPSA) is 52.6 Å². The number of ether oxygens (including phenoxy) is 2. The number of ketones is 1. The third kappa shape index (κ3) is 11.8. The van der Waals surface area contributed by atoms with Crippen LogP contribution in [0.3, 0.4) is 0 Å². The molecular weight excluding hydrogens is 292 g/mol. The highest BCUT2D eigenvalue weighted by Gasteiger charge is 2.26. The van der Waals surface area contributed by atoms with Crippen LogP contribution in [0.2, 0.25) is 0 Å². The van der Waals surface area contributed by atoms with Crippen molar-refractivity contribution >= 4 is 11.8 Å². The maximum Gasteiger partial charge on any atom is 0.316 e. The molecule has 0 N–H and O–H groups in total. The average molecular weight is 324 g/mol. The van der Waals surface area contributed by atoms with Gasteiger partial charge in [0.1, 0.15) is 12.5 Å². The van der Waals surface area contributed by atoms with Gasteiger partial charge in [0.15, 0.2) is 5.78 Å². The zero-order chi connectivity index (χ0) is 17.3. The maximum absolute atomic E-state index is 12.0. The molecule has 0 aliphatic heterocycles. The van der Waals surface area contributed by atoms with Crippen molar-refractivity contribution in [3.63, 3.8) is 0 Å². The number of rotatable bonds is 16. The Morgan fingerprint density at radius 1 is 1.00 bits per heavy atom. The van der Waals surface area contributed by atoms with Crippen molar-refractivity contribution in [3.8, 4) is 0 Å². The zero-order valence-corrected chi connectivity index (χ0v) is 14.6. The Hall–Kier alpha value is -1.42. The van der Waals surface area contributed by atoms with Crippen molar-refractivity contribution in [1.29, 1.82) is 0 Å². The molecule has 0 fully saturated rings. The van der Waals surface area contributed by atoms with Crippen LogP contribution in [0.1, 0.15) is 58.3 Å². The quantitative estimate of drug-likeness (QED) is 0.184. The molecule has 0 aromatic heterocycles. The van der Waals surface area contributed by atoms with Crippen LogP contribution in [-0.4, -0.2) is 31.6 Å². The van der Waals surface area contributed by atoms with Crippen molar-refractivity contribution in [2.75, 3.05) is 19.8 Å². The Morgan fingerprint density at radius 3 is 2.26 bits per heavy atom. The molecule has 0 amide bonds. The molecule has 0 rings (SSSR count). The fourth-order valence-electron chi connectivity index (χ4n) is 2.24. The lowest BCUT2D eigenvalue weighted by Crippen LogP contribution is -2.29. The summed E-state index contributed by atoms with van der Waals surface area (Å²) in [5.41, 5.74) is 0. The number of Topliss-reactive ketones (excluding diaryl/α,β-unsaturated/α-hetero) is 1. The Bertz CT molecular complexity index is 349. The van der Waals surface area contributed by atoms with Crippen LogP contribution in [0.4, 0.5) is 0 Å². The minimum Gasteiger partial charge on any atom is -0.465 e. The van der Waals surface area contributed by atoms with Crippen molar-refractivity contribution in [1.82, 2.24) is 0 Å². The van der Waals surface area contributed by atoms with Crippen molar-refractivity contribution in [2.24, 2.45) is 5.92 Å². The van der Waals surface area contributed by atoms with Gasteiger partial charge in [-0.25, -0.2) is 0 Å². The monoisotopic (exact) mass is 324 g/mol. The van der Waals surface area contributed by atoms with Gasteiger partial charge in [-0.3, -0.25) is 9.59 Å². The molecule has 0 radical (unpaired) electrons. The van der Waals surface area contributed by atoms with Crippen LogP contribution in [0, 0.1) is 5.92 Å². The first kappa shape index (κ1) is 21.6. The van der Waals surface area contributed by atoms with Crippen LogP contribution in [0.5, 0.6) is 0 Å². The molecule has 0 saturated heterocycles. The highest BCUT2D eigenvalue weighted by Crippen LogP contribution is 2.10. The molecule has 0 bridgehead atoms. The zero-order valence-electron chi connectivity index (χ0n) is 14.6. The van der Waals surface area contributed by atoms with Crippen molar-refractivity contribution in [2.45, 2.75) is 58.3 Å². The Morgan fingerprint density at radius 2 is 1.65 bits per heavy atom. The van der Waals surface area contributed by atoms with Gasteiger partial charge in [-0.05, 0) is 32.6 Å². The summed E-state index contributed by atoms with van der Waals surface area (Å²) in [5, 5.41) is 0. The molecule has 0 aliphatic rings. The maximum atomic E-state index is 12.0. The van der Waals surface area contributed by atoms with Crippen molar-refractivity contribution < 1.29 is 19.1 Å². The van der Waals surface area contributed by atoms with Crippen LogP contribution in [-0.2, 0) is 19.1 Å². The summed E-state index contributed by atoms with van der Waals surface area (Å²) in [6.07, 6.45) is 11.8. The van der Waals surface area contributed by atoms with Gasteiger partial charge in [0, 0.05) is 6.61 Å². The van der Waals surface area contributed by atoms with E-state index in [0.29, 0.717) is 13.0 Å². The van der Waals surface area contributed by atoms with Gasteiger partial charge in [-0.1, -0.05) is 37.8 Å². The van der Waals surface area contributed by atoms with E-state index in [1.54, 1.807) is 13.0 Å². The number of carbonyl (C=O) groups is 2. The number of esters is 1. The summed E-state index contributed by atoms with van der Waals surface area (Å²) in [5.74, 6) is -1.49. The molecule has 23 heavy (non-hydrogen) atoms. The van der Waals surface area contributed by atoms with Gasteiger partial charge >= 0.3 is 5.97 Å². The second kappa shape index (κ2) is 15.5. The summed E-state index contributed by atoms with van der Waals surface area (Å²) >= 11 is 0. The Labute approximate surface area is 140 Å². The van der Waals surface area contributed by atoms with E-state index in [1.165, 1.54) is 25.7 Å². The highest BCUT2D eigenvalue weighted by molar-refractivity contribution is 5.99. The molecule has 0 aliphatic carbocycles. The van der Waals surface area contributed by atoms with E-state index in [2.05, 4.69) is 13.2 Å². The summed E-state index contributed by atoms with van der Waals surface area (Å²) in [6, 6.07) is 0. The van der Waals surface area contributed by atoms with Gasteiger partial charge in [0.05, 0.1) is 6.61 Å². The van der Waals surface area contributed by atoms with Crippen LogP contribution >= 0.6 is 0 Å². The minimum absolute atomic E-state index is 0.0311. The first-order valence-electron chi connectivity index (χ1n) is 8.66. The van der Waals surface area contributed by atoms with Crippen molar-refractivity contribution in [3.05, 3.63) is 25.3 Å². The second-order valence-corrected chi connectivity index (χ2v) is 5.55. The van der Waals surface area contributed by atoms with E-state index in [0.717, 1.165) is 19.3 Å². The molecule has 0 aromatic rings. The molecule has 0 heterocycles. The summed E-state index contributed by atoms with van der Waals surface area (Å²) < 4.78 is 10.3. The van der Waals surface area contributed by atoms with Gasteiger partial charge in [0.25, 0.3) is 0 Å². The summed E-state index contributed by atoms with van der Waals surface area (Å²) in [4.78, 5) is 23.7. The Balaban J connectivity index is 3.72. The molecule has 1 unspecified atom stereocenters. The number of hydrogen-bond acceptors (Lipinski definition) is 4. The van der Waals surface area contributed by atoms with Gasteiger partial charge in [0.2, 0.25) is 0 Å². The first-order valence-corrected chi connectivity index (χ1v) is 8.66. The second-order valence-electron chi connectivity index (χ2n) is 5.55. The fraction of sp³-hybridized carbons (Fsp3) is 0.684. The van der Waals surface area contributed by atoms with Crippen LogP contribution in [0.25, 0.3) is 0 Å². The molecule has 0 saturated carbocycles. The van der Waals surface area contributed by atoms with Gasteiger partial charge in [-0.2, -0.15) is 0 Å². The number of unbranched alkanes of at least 4 members (excludes halogenated alkanes) is 6. The van der Waals surface area contributed by atoms with E-state index in [1.807, 2.05) is 6.08 Å². The van der Waals surface area contributed by atoms with Crippen LogP contribution in [0.15, 0.2) is 25.3 Å². The van der Waals surface area contributed by atoms with E-state index in [-0.39, 0.29) is 19.0 Å². The Kier molecular flexibility index (Phi) is 14.5. The summed E-state index contributed by atoms with van der Waals surface area (Å²) in [7, 11) is 0. The number of hydrogen-bond donors (Lipinski definition) is 0. The normalized spacial score (nSPS) is 11.7. The van der Waals surface area contributed by atoms with Gasteiger partial charge in [-0.15, -0.1) is 13.2 Å². The highest BCUT2D eigenvalue weighted by atomic mass is 16.5. The molecule has 132 valence electrons.